The van der Waals surface area contributed by atoms with Crippen molar-refractivity contribution in [2.75, 3.05) is 24.8 Å². The van der Waals surface area contributed by atoms with Crippen LogP contribution in [0.5, 0.6) is 5.75 Å². The minimum Gasteiger partial charge on any atom is -0.495 e. The molecule has 0 bridgehead atoms. The third kappa shape index (κ3) is 3.62. The summed E-state index contributed by atoms with van der Waals surface area (Å²) in [5, 5.41) is 3.72. The van der Waals surface area contributed by atoms with Crippen LogP contribution in [0.3, 0.4) is 0 Å². The number of carbonyl (C=O) groups is 1. The first-order valence-corrected chi connectivity index (χ1v) is 7.10. The summed E-state index contributed by atoms with van der Waals surface area (Å²) in [7, 11) is 1.57. The SMILES string of the molecule is CCOC(=O)c1ccc(Nc2cc(Cl)ccc2OC)c(N)c1. The van der Waals surface area contributed by atoms with Gasteiger partial charge in [-0.15, -0.1) is 0 Å². The Morgan fingerprint density at radius 2 is 2.00 bits per heavy atom. The van der Waals surface area contributed by atoms with Crippen molar-refractivity contribution >= 4 is 34.6 Å². The van der Waals surface area contributed by atoms with Crippen molar-refractivity contribution in [3.8, 4) is 5.75 Å². The van der Waals surface area contributed by atoms with Crippen molar-refractivity contribution in [2.45, 2.75) is 6.92 Å². The van der Waals surface area contributed by atoms with Crippen LogP contribution < -0.4 is 15.8 Å². The Bertz CT molecular complexity index is 689. The highest BCUT2D eigenvalue weighted by molar-refractivity contribution is 6.31. The zero-order chi connectivity index (χ0) is 16.1. The van der Waals surface area contributed by atoms with Crippen LogP contribution in [0.25, 0.3) is 0 Å². The molecular formula is C16H17ClN2O3. The molecule has 0 spiro atoms. The lowest BCUT2D eigenvalue weighted by Gasteiger charge is -2.14. The maximum Gasteiger partial charge on any atom is 0.338 e. The van der Waals surface area contributed by atoms with Gasteiger partial charge in [-0.25, -0.2) is 4.79 Å². The van der Waals surface area contributed by atoms with Gasteiger partial charge in [0, 0.05) is 5.02 Å². The molecule has 22 heavy (non-hydrogen) atoms. The van der Waals surface area contributed by atoms with Gasteiger partial charge in [-0.2, -0.15) is 0 Å². The zero-order valence-electron chi connectivity index (χ0n) is 12.4. The number of methoxy groups -OCH3 is 1. The summed E-state index contributed by atoms with van der Waals surface area (Å²) in [5.41, 5.74) is 8.15. The van der Waals surface area contributed by atoms with Gasteiger partial charge < -0.3 is 20.5 Å². The molecule has 6 heteroatoms. The van der Waals surface area contributed by atoms with E-state index in [-0.39, 0.29) is 0 Å². The molecule has 0 aliphatic rings. The second kappa shape index (κ2) is 7.04. The van der Waals surface area contributed by atoms with Crippen molar-refractivity contribution in [3.63, 3.8) is 0 Å². The average molecular weight is 321 g/mol. The molecule has 0 aliphatic heterocycles. The van der Waals surface area contributed by atoms with Gasteiger partial charge in [-0.3, -0.25) is 0 Å². The van der Waals surface area contributed by atoms with Gasteiger partial charge in [0.2, 0.25) is 0 Å². The van der Waals surface area contributed by atoms with Crippen LogP contribution >= 0.6 is 11.6 Å². The number of rotatable bonds is 5. The van der Waals surface area contributed by atoms with Gasteiger partial charge in [0.25, 0.3) is 0 Å². The fourth-order valence-electron chi connectivity index (χ4n) is 1.94. The number of hydrogen-bond acceptors (Lipinski definition) is 5. The number of ether oxygens (including phenoxy) is 2. The first-order chi connectivity index (χ1) is 10.5. The summed E-state index contributed by atoms with van der Waals surface area (Å²) < 4.78 is 10.2. The number of esters is 1. The summed E-state index contributed by atoms with van der Waals surface area (Å²) in [4.78, 5) is 11.7. The highest BCUT2D eigenvalue weighted by Gasteiger charge is 2.11. The fraction of sp³-hybridized carbons (Fsp3) is 0.188. The molecule has 2 rings (SSSR count). The molecule has 2 aromatic carbocycles. The van der Waals surface area contributed by atoms with Crippen LogP contribution in [0.2, 0.25) is 5.02 Å². The number of nitrogen functional groups attached to an aromatic ring is 1. The molecule has 0 saturated carbocycles. The minimum absolute atomic E-state index is 0.318. The standard InChI is InChI=1S/C16H17ClN2O3/c1-3-22-16(20)10-4-6-13(12(18)8-10)19-14-9-11(17)5-7-15(14)21-2/h4-9,19H,3,18H2,1-2H3. The monoisotopic (exact) mass is 320 g/mol. The topological polar surface area (TPSA) is 73.6 Å². The molecule has 0 aromatic heterocycles. The van der Waals surface area contributed by atoms with Gasteiger partial charge in [-0.05, 0) is 43.3 Å². The second-order valence-corrected chi connectivity index (χ2v) is 4.93. The maximum atomic E-state index is 11.7. The summed E-state index contributed by atoms with van der Waals surface area (Å²) in [6.07, 6.45) is 0. The van der Waals surface area contributed by atoms with E-state index in [0.717, 1.165) is 0 Å². The van der Waals surface area contributed by atoms with Crippen LogP contribution in [-0.2, 0) is 4.74 Å². The summed E-state index contributed by atoms with van der Waals surface area (Å²) in [5.74, 6) is 0.236. The molecular weight excluding hydrogens is 304 g/mol. The normalized spacial score (nSPS) is 10.1. The molecule has 0 aliphatic carbocycles. The minimum atomic E-state index is -0.402. The largest absolute Gasteiger partial charge is 0.495 e. The quantitative estimate of drug-likeness (QED) is 0.646. The first kappa shape index (κ1) is 16.0. The Hall–Kier alpha value is -2.40. The van der Waals surface area contributed by atoms with E-state index in [4.69, 9.17) is 26.8 Å². The Morgan fingerprint density at radius 1 is 1.23 bits per heavy atom. The predicted octanol–water partition coefficient (Wildman–Crippen LogP) is 3.85. The van der Waals surface area contributed by atoms with Crippen LogP contribution in [-0.4, -0.2) is 19.7 Å². The van der Waals surface area contributed by atoms with E-state index in [0.29, 0.717) is 40.0 Å². The van der Waals surface area contributed by atoms with Crippen molar-refractivity contribution < 1.29 is 14.3 Å². The van der Waals surface area contributed by atoms with E-state index in [1.807, 2.05) is 0 Å². The Balaban J connectivity index is 2.27. The van der Waals surface area contributed by atoms with E-state index >= 15 is 0 Å². The number of carbonyl (C=O) groups excluding carboxylic acids is 1. The molecule has 0 amide bonds. The van der Waals surface area contributed by atoms with E-state index in [1.165, 1.54) is 0 Å². The molecule has 0 saturated heterocycles. The molecule has 0 fully saturated rings. The van der Waals surface area contributed by atoms with Crippen molar-refractivity contribution in [2.24, 2.45) is 0 Å². The smallest absolute Gasteiger partial charge is 0.338 e. The van der Waals surface area contributed by atoms with Gasteiger partial charge in [0.15, 0.2) is 0 Å². The second-order valence-electron chi connectivity index (χ2n) is 4.49. The number of nitrogens with two attached hydrogens (primary N) is 1. The van der Waals surface area contributed by atoms with E-state index < -0.39 is 5.97 Å². The molecule has 0 radical (unpaired) electrons. The third-order valence-electron chi connectivity index (χ3n) is 2.99. The highest BCUT2D eigenvalue weighted by Crippen LogP contribution is 2.32. The number of benzene rings is 2. The molecule has 2 aromatic rings. The number of anilines is 3. The molecule has 0 atom stereocenters. The molecule has 5 nitrogen and oxygen atoms in total. The molecule has 0 heterocycles. The summed E-state index contributed by atoms with van der Waals surface area (Å²) >= 11 is 5.99. The molecule has 116 valence electrons. The third-order valence-corrected chi connectivity index (χ3v) is 3.23. The van der Waals surface area contributed by atoms with Crippen LogP contribution in [0.15, 0.2) is 36.4 Å². The van der Waals surface area contributed by atoms with Crippen LogP contribution in [0.1, 0.15) is 17.3 Å². The lowest BCUT2D eigenvalue weighted by atomic mass is 10.1. The van der Waals surface area contributed by atoms with Crippen molar-refractivity contribution in [1.82, 2.24) is 0 Å². The highest BCUT2D eigenvalue weighted by atomic mass is 35.5. The fourth-order valence-corrected chi connectivity index (χ4v) is 2.11. The van der Waals surface area contributed by atoms with E-state index in [9.17, 15) is 4.79 Å². The molecule has 3 N–H and O–H groups in total. The van der Waals surface area contributed by atoms with Crippen molar-refractivity contribution in [3.05, 3.63) is 47.0 Å². The Morgan fingerprint density at radius 3 is 2.64 bits per heavy atom. The van der Waals surface area contributed by atoms with Crippen molar-refractivity contribution in [1.29, 1.82) is 0 Å². The average Bonchev–Trinajstić information content (AvgIpc) is 2.50. The maximum absolute atomic E-state index is 11.7. The summed E-state index contributed by atoms with van der Waals surface area (Å²) in [6, 6.07) is 10.2. The number of hydrogen-bond donors (Lipinski definition) is 2. The number of halogens is 1. The summed E-state index contributed by atoms with van der Waals surface area (Å²) in [6.45, 7) is 2.07. The van der Waals surface area contributed by atoms with E-state index in [2.05, 4.69) is 5.32 Å². The Kier molecular flexibility index (Phi) is 5.12. The lowest BCUT2D eigenvalue weighted by Crippen LogP contribution is -2.06. The van der Waals surface area contributed by atoms with Crippen LogP contribution in [0, 0.1) is 0 Å². The van der Waals surface area contributed by atoms with E-state index in [1.54, 1.807) is 50.4 Å². The predicted molar refractivity (Wildman–Crippen MR) is 88.1 cm³/mol. The van der Waals surface area contributed by atoms with Gasteiger partial charge >= 0.3 is 5.97 Å². The first-order valence-electron chi connectivity index (χ1n) is 6.72. The van der Waals surface area contributed by atoms with Crippen LogP contribution in [0.4, 0.5) is 17.1 Å². The Labute approximate surface area is 134 Å². The van der Waals surface area contributed by atoms with Gasteiger partial charge in [0.1, 0.15) is 5.75 Å². The van der Waals surface area contributed by atoms with Gasteiger partial charge in [0.05, 0.1) is 36.3 Å². The lowest BCUT2D eigenvalue weighted by molar-refractivity contribution is 0.0526. The zero-order valence-corrected chi connectivity index (χ0v) is 13.1. The molecule has 0 unspecified atom stereocenters. The number of nitrogens with one attached hydrogen (secondary N) is 1. The van der Waals surface area contributed by atoms with Gasteiger partial charge in [-0.1, -0.05) is 11.6 Å².